The van der Waals surface area contributed by atoms with Gasteiger partial charge in [0.2, 0.25) is 0 Å². The van der Waals surface area contributed by atoms with Gasteiger partial charge in [0.1, 0.15) is 11.9 Å². The zero-order chi connectivity index (χ0) is 13.9. The van der Waals surface area contributed by atoms with Gasteiger partial charge < -0.3 is 9.84 Å². The number of hydrogen-bond donors (Lipinski definition) is 1. The van der Waals surface area contributed by atoms with E-state index in [9.17, 15) is 5.11 Å². The van der Waals surface area contributed by atoms with E-state index < -0.39 is 6.10 Å². The van der Waals surface area contributed by atoms with Crippen molar-refractivity contribution in [2.75, 3.05) is 7.11 Å². The lowest BCUT2D eigenvalue weighted by atomic mass is 10.2. The largest absolute Gasteiger partial charge is 0.496 e. The van der Waals surface area contributed by atoms with Crippen LogP contribution in [0.3, 0.4) is 0 Å². The molecule has 0 aliphatic heterocycles. The smallest absolute Gasteiger partial charge is 0.129 e. The summed E-state index contributed by atoms with van der Waals surface area (Å²) in [5.74, 6) is 0.763. The van der Waals surface area contributed by atoms with E-state index in [2.05, 4.69) is 5.10 Å². The summed E-state index contributed by atoms with van der Waals surface area (Å²) in [6, 6.07) is 11.7. The van der Waals surface area contributed by atoms with Crippen LogP contribution < -0.4 is 4.74 Å². The molecule has 1 unspecified atom stereocenters. The summed E-state index contributed by atoms with van der Waals surface area (Å²) in [6.45, 7) is 0. The van der Waals surface area contributed by atoms with Gasteiger partial charge in [-0.1, -0.05) is 18.2 Å². The third-order valence-corrected chi connectivity index (χ3v) is 4.00. The van der Waals surface area contributed by atoms with Gasteiger partial charge in [0.25, 0.3) is 0 Å². The number of hydrogen-bond acceptors (Lipinski definition) is 4. The van der Waals surface area contributed by atoms with Crippen molar-refractivity contribution in [3.63, 3.8) is 0 Å². The van der Waals surface area contributed by atoms with Gasteiger partial charge in [-0.15, -0.1) is 11.3 Å². The highest BCUT2D eigenvalue weighted by atomic mass is 32.1. The highest BCUT2D eigenvalue weighted by Gasteiger charge is 2.15. The standard InChI is InChI=1S/C15H14N2O2S/c1-19-13-7-14(20-10-13)15(18)11-8-16-17(9-11)12-5-3-2-4-6-12/h2-10,15,18H,1H3. The van der Waals surface area contributed by atoms with Gasteiger partial charge in [-0.3, -0.25) is 0 Å². The maximum atomic E-state index is 10.4. The predicted molar refractivity (Wildman–Crippen MR) is 78.5 cm³/mol. The molecule has 5 heteroatoms. The van der Waals surface area contributed by atoms with Gasteiger partial charge in [0.15, 0.2) is 0 Å². The van der Waals surface area contributed by atoms with Crippen LogP contribution in [0, 0.1) is 0 Å². The lowest BCUT2D eigenvalue weighted by Gasteiger charge is -2.04. The Hall–Kier alpha value is -2.11. The van der Waals surface area contributed by atoms with Crippen LogP contribution in [-0.4, -0.2) is 22.0 Å². The number of thiophene rings is 1. The molecule has 3 aromatic rings. The first-order valence-electron chi connectivity index (χ1n) is 6.18. The highest BCUT2D eigenvalue weighted by molar-refractivity contribution is 7.10. The topological polar surface area (TPSA) is 47.3 Å². The fraction of sp³-hybridized carbons (Fsp3) is 0.133. The van der Waals surface area contributed by atoms with Gasteiger partial charge in [-0.05, 0) is 18.2 Å². The first kappa shape index (κ1) is 12.9. The predicted octanol–water partition coefficient (Wildman–Crippen LogP) is 3.02. The number of nitrogens with zero attached hydrogens (tertiary/aromatic N) is 2. The molecule has 0 aliphatic carbocycles. The molecule has 1 N–H and O–H groups in total. The molecule has 1 atom stereocenters. The Morgan fingerprint density at radius 2 is 2.10 bits per heavy atom. The minimum Gasteiger partial charge on any atom is -0.496 e. The second-order valence-corrected chi connectivity index (χ2v) is 5.29. The van der Waals surface area contributed by atoms with Crippen molar-refractivity contribution in [2.24, 2.45) is 0 Å². The fourth-order valence-corrected chi connectivity index (χ4v) is 2.81. The molecular formula is C15H14N2O2S. The van der Waals surface area contributed by atoms with E-state index in [4.69, 9.17) is 4.74 Å². The second kappa shape index (κ2) is 5.48. The molecule has 102 valence electrons. The van der Waals surface area contributed by atoms with E-state index in [0.29, 0.717) is 0 Å². The molecule has 0 bridgehead atoms. The summed E-state index contributed by atoms with van der Waals surface area (Å²) in [5, 5.41) is 16.5. The van der Waals surface area contributed by atoms with Crippen LogP contribution in [0.4, 0.5) is 0 Å². The van der Waals surface area contributed by atoms with Crippen LogP contribution in [-0.2, 0) is 0 Å². The lowest BCUT2D eigenvalue weighted by molar-refractivity contribution is 0.224. The summed E-state index contributed by atoms with van der Waals surface area (Å²) < 4.78 is 6.89. The van der Waals surface area contributed by atoms with E-state index in [1.54, 1.807) is 18.0 Å². The Morgan fingerprint density at radius 3 is 2.80 bits per heavy atom. The lowest BCUT2D eigenvalue weighted by Crippen LogP contribution is -1.96. The normalized spacial score (nSPS) is 12.3. The molecule has 0 radical (unpaired) electrons. The quantitative estimate of drug-likeness (QED) is 0.802. The minimum atomic E-state index is -0.679. The summed E-state index contributed by atoms with van der Waals surface area (Å²) in [5.41, 5.74) is 1.73. The summed E-state index contributed by atoms with van der Waals surface area (Å²) in [4.78, 5) is 0.842. The maximum absolute atomic E-state index is 10.4. The van der Waals surface area contributed by atoms with Gasteiger partial charge in [0, 0.05) is 22.0 Å². The van der Waals surface area contributed by atoms with Crippen molar-refractivity contribution >= 4 is 11.3 Å². The van der Waals surface area contributed by atoms with Crippen molar-refractivity contribution in [1.82, 2.24) is 9.78 Å². The number of aromatic nitrogens is 2. The molecule has 0 amide bonds. The Bertz CT molecular complexity index is 691. The first-order chi connectivity index (χ1) is 9.78. The Balaban J connectivity index is 1.86. The SMILES string of the molecule is COc1csc(C(O)c2cnn(-c3ccccc3)c2)c1. The van der Waals surface area contributed by atoms with Crippen LogP contribution >= 0.6 is 11.3 Å². The fourth-order valence-electron chi connectivity index (χ4n) is 1.95. The third-order valence-electron chi connectivity index (χ3n) is 3.04. The molecule has 0 saturated heterocycles. The van der Waals surface area contributed by atoms with E-state index in [1.165, 1.54) is 11.3 Å². The van der Waals surface area contributed by atoms with Crippen LogP contribution in [0.2, 0.25) is 0 Å². The van der Waals surface area contributed by atoms with Crippen molar-refractivity contribution < 1.29 is 9.84 Å². The number of rotatable bonds is 4. The number of aliphatic hydroxyl groups is 1. The number of para-hydroxylation sites is 1. The second-order valence-electron chi connectivity index (χ2n) is 4.35. The number of ether oxygens (including phenoxy) is 1. The van der Waals surface area contributed by atoms with E-state index in [1.807, 2.05) is 48.0 Å². The zero-order valence-electron chi connectivity index (χ0n) is 10.9. The van der Waals surface area contributed by atoms with Crippen molar-refractivity contribution in [1.29, 1.82) is 0 Å². The number of aliphatic hydroxyl groups excluding tert-OH is 1. The molecule has 1 aromatic carbocycles. The molecule has 2 aromatic heterocycles. The van der Waals surface area contributed by atoms with Crippen LogP contribution in [0.1, 0.15) is 16.5 Å². The molecule has 0 aliphatic rings. The number of benzene rings is 1. The first-order valence-corrected chi connectivity index (χ1v) is 7.06. The summed E-state index contributed by atoms with van der Waals surface area (Å²) >= 11 is 1.47. The molecule has 0 fully saturated rings. The molecule has 4 nitrogen and oxygen atoms in total. The average Bonchev–Trinajstić information content (AvgIpc) is 3.17. The van der Waals surface area contributed by atoms with Crippen LogP contribution in [0.5, 0.6) is 5.75 Å². The van der Waals surface area contributed by atoms with Crippen LogP contribution in [0.15, 0.2) is 54.2 Å². The van der Waals surface area contributed by atoms with Crippen LogP contribution in [0.25, 0.3) is 5.69 Å². The number of methoxy groups -OCH3 is 1. The van der Waals surface area contributed by atoms with Crippen molar-refractivity contribution in [3.05, 3.63) is 64.6 Å². The highest BCUT2D eigenvalue weighted by Crippen LogP contribution is 2.30. The van der Waals surface area contributed by atoms with E-state index >= 15 is 0 Å². The van der Waals surface area contributed by atoms with E-state index in [-0.39, 0.29) is 0 Å². The molecule has 3 rings (SSSR count). The van der Waals surface area contributed by atoms with Crippen molar-refractivity contribution in [3.8, 4) is 11.4 Å². The summed E-state index contributed by atoms with van der Waals surface area (Å²) in [6.07, 6.45) is 2.84. The molecule has 0 saturated carbocycles. The van der Waals surface area contributed by atoms with E-state index in [0.717, 1.165) is 21.9 Å². The Kier molecular flexibility index (Phi) is 3.54. The molecular weight excluding hydrogens is 272 g/mol. The maximum Gasteiger partial charge on any atom is 0.129 e. The Labute approximate surface area is 120 Å². The monoisotopic (exact) mass is 286 g/mol. The average molecular weight is 286 g/mol. The minimum absolute atomic E-state index is 0.679. The van der Waals surface area contributed by atoms with Gasteiger partial charge in [-0.2, -0.15) is 5.10 Å². The molecule has 2 heterocycles. The third kappa shape index (κ3) is 2.45. The van der Waals surface area contributed by atoms with Gasteiger partial charge >= 0.3 is 0 Å². The zero-order valence-corrected chi connectivity index (χ0v) is 11.7. The Morgan fingerprint density at radius 1 is 1.30 bits per heavy atom. The van der Waals surface area contributed by atoms with Gasteiger partial charge in [-0.25, -0.2) is 4.68 Å². The van der Waals surface area contributed by atoms with Crippen molar-refractivity contribution in [2.45, 2.75) is 6.10 Å². The molecule has 0 spiro atoms. The summed E-state index contributed by atoms with van der Waals surface area (Å²) in [7, 11) is 1.62. The van der Waals surface area contributed by atoms with Gasteiger partial charge in [0.05, 0.1) is 19.0 Å². The molecule has 20 heavy (non-hydrogen) atoms.